The van der Waals surface area contributed by atoms with E-state index in [9.17, 15) is 9.59 Å². The first-order valence-corrected chi connectivity index (χ1v) is 11.1. The van der Waals surface area contributed by atoms with E-state index < -0.39 is 5.91 Å². The van der Waals surface area contributed by atoms with E-state index >= 15 is 0 Å². The summed E-state index contributed by atoms with van der Waals surface area (Å²) in [7, 11) is 0. The van der Waals surface area contributed by atoms with Crippen molar-refractivity contribution in [1.29, 1.82) is 0 Å². The Kier molecular flexibility index (Phi) is 5.35. The highest BCUT2D eigenvalue weighted by Crippen LogP contribution is 2.25. The zero-order valence-corrected chi connectivity index (χ0v) is 17.8. The molecule has 0 radical (unpaired) electrons. The maximum absolute atomic E-state index is 13.3. The molecule has 0 aliphatic carbocycles. The molecule has 3 aromatic carbocycles. The molecule has 156 valence electrons. The third-order valence-corrected chi connectivity index (χ3v) is 6.14. The monoisotopic (exact) mass is 437 g/mol. The minimum Gasteiger partial charge on any atom is -0.341 e. The first kappa shape index (κ1) is 19.9. The standard InChI is InChI=1S/C26H19N3O2S/c30-24(28-23(19-12-6-2-7-13-19)20-14-8-3-9-15-20)21-16-27-26-29(25(21)31)22(17-32-26)18-10-4-1-5-11-18/h1-17,23H,(H,28,30). The molecule has 1 amide bonds. The molecule has 2 aromatic heterocycles. The van der Waals surface area contributed by atoms with Gasteiger partial charge in [-0.1, -0.05) is 91.0 Å². The average Bonchev–Trinajstić information content (AvgIpc) is 3.29. The lowest BCUT2D eigenvalue weighted by Gasteiger charge is -2.19. The minimum absolute atomic E-state index is 0.00921. The topological polar surface area (TPSA) is 63.5 Å². The fourth-order valence-corrected chi connectivity index (χ4v) is 4.58. The van der Waals surface area contributed by atoms with Crippen LogP contribution in [0.25, 0.3) is 16.2 Å². The van der Waals surface area contributed by atoms with E-state index in [1.54, 1.807) is 0 Å². The number of nitrogens with one attached hydrogen (secondary N) is 1. The first-order valence-electron chi connectivity index (χ1n) is 10.2. The Hall–Kier alpha value is -4.03. The summed E-state index contributed by atoms with van der Waals surface area (Å²) in [6.45, 7) is 0. The van der Waals surface area contributed by atoms with Crippen molar-refractivity contribution in [3.63, 3.8) is 0 Å². The van der Waals surface area contributed by atoms with Crippen LogP contribution in [0.4, 0.5) is 0 Å². The highest BCUT2D eigenvalue weighted by Gasteiger charge is 2.21. The molecule has 0 atom stereocenters. The number of fused-ring (bicyclic) bond motifs is 1. The molecule has 1 N–H and O–H groups in total. The number of carbonyl (C=O) groups excluding carboxylic acids is 1. The van der Waals surface area contributed by atoms with E-state index in [0.717, 1.165) is 22.4 Å². The lowest BCUT2D eigenvalue weighted by atomic mass is 9.98. The third kappa shape index (κ3) is 3.72. The number of carbonyl (C=O) groups is 1. The van der Waals surface area contributed by atoms with Gasteiger partial charge in [-0.25, -0.2) is 4.98 Å². The first-order chi connectivity index (χ1) is 15.7. The van der Waals surface area contributed by atoms with E-state index in [-0.39, 0.29) is 17.2 Å². The SMILES string of the molecule is O=C(NC(c1ccccc1)c1ccccc1)c1cnc2scc(-c3ccccc3)n2c1=O. The summed E-state index contributed by atoms with van der Waals surface area (Å²) in [5, 5.41) is 4.92. The van der Waals surface area contributed by atoms with Crippen molar-refractivity contribution in [1.82, 2.24) is 14.7 Å². The molecular formula is C26H19N3O2S. The van der Waals surface area contributed by atoms with Crippen molar-refractivity contribution in [2.45, 2.75) is 6.04 Å². The summed E-state index contributed by atoms with van der Waals surface area (Å²) >= 11 is 1.37. The van der Waals surface area contributed by atoms with E-state index in [0.29, 0.717) is 4.96 Å². The summed E-state index contributed by atoms with van der Waals surface area (Å²) in [4.78, 5) is 31.6. The minimum atomic E-state index is -0.459. The van der Waals surface area contributed by atoms with Gasteiger partial charge in [-0.3, -0.25) is 14.0 Å². The van der Waals surface area contributed by atoms with Gasteiger partial charge < -0.3 is 5.32 Å². The Bertz CT molecular complexity index is 1390. The van der Waals surface area contributed by atoms with Crippen molar-refractivity contribution in [2.24, 2.45) is 0 Å². The van der Waals surface area contributed by atoms with Crippen LogP contribution in [0.3, 0.4) is 0 Å². The molecular weight excluding hydrogens is 418 g/mol. The van der Waals surface area contributed by atoms with Crippen LogP contribution < -0.4 is 10.9 Å². The van der Waals surface area contributed by atoms with Crippen molar-refractivity contribution in [2.75, 3.05) is 0 Å². The predicted octanol–water partition coefficient (Wildman–Crippen LogP) is 4.94. The molecule has 2 heterocycles. The van der Waals surface area contributed by atoms with Gasteiger partial charge in [0.05, 0.1) is 11.7 Å². The van der Waals surface area contributed by atoms with E-state index in [1.165, 1.54) is 21.9 Å². The smallest absolute Gasteiger partial charge is 0.271 e. The summed E-state index contributed by atoms with van der Waals surface area (Å²) in [5.41, 5.74) is 3.11. The average molecular weight is 438 g/mol. The molecule has 0 aliphatic heterocycles. The van der Waals surface area contributed by atoms with Crippen LogP contribution in [0, 0.1) is 0 Å². The van der Waals surface area contributed by atoms with Crippen LogP contribution in [0.1, 0.15) is 27.5 Å². The molecule has 0 saturated carbocycles. The van der Waals surface area contributed by atoms with Crippen molar-refractivity contribution < 1.29 is 4.79 Å². The zero-order chi connectivity index (χ0) is 21.9. The molecule has 0 fully saturated rings. The van der Waals surface area contributed by atoms with Gasteiger partial charge in [-0.15, -0.1) is 11.3 Å². The van der Waals surface area contributed by atoms with Gasteiger partial charge in [0.25, 0.3) is 11.5 Å². The van der Waals surface area contributed by atoms with Gasteiger partial charge in [0.2, 0.25) is 0 Å². The number of nitrogens with zero attached hydrogens (tertiary/aromatic N) is 2. The number of rotatable bonds is 5. The van der Waals surface area contributed by atoms with Gasteiger partial charge in [-0.2, -0.15) is 0 Å². The van der Waals surface area contributed by atoms with E-state index in [4.69, 9.17) is 0 Å². The molecule has 0 spiro atoms. The number of hydrogen-bond donors (Lipinski definition) is 1. The molecule has 5 nitrogen and oxygen atoms in total. The predicted molar refractivity (Wildman–Crippen MR) is 127 cm³/mol. The lowest BCUT2D eigenvalue weighted by molar-refractivity contribution is 0.0941. The number of amides is 1. The molecule has 0 bridgehead atoms. The third-order valence-electron chi connectivity index (χ3n) is 5.30. The fraction of sp³-hybridized carbons (Fsp3) is 0.0385. The van der Waals surface area contributed by atoms with Crippen LogP contribution in [-0.4, -0.2) is 15.3 Å². The van der Waals surface area contributed by atoms with Crippen LogP contribution in [0.5, 0.6) is 0 Å². The highest BCUT2D eigenvalue weighted by molar-refractivity contribution is 7.15. The van der Waals surface area contributed by atoms with Crippen LogP contribution >= 0.6 is 11.3 Å². The van der Waals surface area contributed by atoms with E-state index in [1.807, 2.05) is 96.4 Å². The van der Waals surface area contributed by atoms with Crippen molar-refractivity contribution in [3.05, 3.63) is 130 Å². The van der Waals surface area contributed by atoms with Crippen molar-refractivity contribution >= 4 is 22.2 Å². The van der Waals surface area contributed by atoms with Gasteiger partial charge in [-0.05, 0) is 16.7 Å². The molecule has 0 aliphatic rings. The zero-order valence-electron chi connectivity index (χ0n) is 17.0. The maximum Gasteiger partial charge on any atom is 0.271 e. The number of thiazole rings is 1. The Balaban J connectivity index is 1.56. The molecule has 5 rings (SSSR count). The maximum atomic E-state index is 13.3. The highest BCUT2D eigenvalue weighted by atomic mass is 32.1. The molecule has 6 heteroatoms. The summed E-state index contributed by atoms with van der Waals surface area (Å²) in [5.74, 6) is -0.459. The second-order valence-corrected chi connectivity index (χ2v) is 8.15. The molecule has 32 heavy (non-hydrogen) atoms. The molecule has 0 saturated heterocycles. The van der Waals surface area contributed by atoms with Crippen LogP contribution in [-0.2, 0) is 0 Å². The fourth-order valence-electron chi connectivity index (χ4n) is 3.72. The largest absolute Gasteiger partial charge is 0.341 e. The van der Waals surface area contributed by atoms with Gasteiger partial charge in [0.15, 0.2) is 4.96 Å². The summed E-state index contributed by atoms with van der Waals surface area (Å²) in [6.07, 6.45) is 1.37. The second-order valence-electron chi connectivity index (χ2n) is 7.31. The summed E-state index contributed by atoms with van der Waals surface area (Å²) in [6, 6.07) is 28.6. The Morgan fingerprint density at radius 3 is 2.00 bits per heavy atom. The number of aromatic nitrogens is 2. The number of benzene rings is 3. The summed E-state index contributed by atoms with van der Waals surface area (Å²) < 4.78 is 1.51. The van der Waals surface area contributed by atoms with Gasteiger partial charge in [0.1, 0.15) is 5.56 Å². The Morgan fingerprint density at radius 1 is 0.844 bits per heavy atom. The Labute approximate surface area is 188 Å². The quantitative estimate of drug-likeness (QED) is 0.424. The van der Waals surface area contributed by atoms with Crippen molar-refractivity contribution in [3.8, 4) is 11.3 Å². The van der Waals surface area contributed by atoms with Gasteiger partial charge >= 0.3 is 0 Å². The Morgan fingerprint density at radius 2 is 1.41 bits per heavy atom. The number of hydrogen-bond acceptors (Lipinski definition) is 4. The second kappa shape index (κ2) is 8.61. The van der Waals surface area contributed by atoms with E-state index in [2.05, 4.69) is 10.3 Å². The van der Waals surface area contributed by atoms with Crippen LogP contribution in [0.2, 0.25) is 0 Å². The molecule has 0 unspecified atom stereocenters. The normalized spacial score (nSPS) is 11.0. The molecule has 5 aromatic rings. The lowest BCUT2D eigenvalue weighted by Crippen LogP contribution is -2.34. The van der Waals surface area contributed by atoms with Crippen LogP contribution in [0.15, 0.2) is 107 Å². The van der Waals surface area contributed by atoms with Gasteiger partial charge in [0, 0.05) is 11.6 Å².